The normalized spacial score (nSPS) is 10.6. The number of halogens is 3. The Morgan fingerprint density at radius 2 is 1.42 bits per heavy atom. The summed E-state index contributed by atoms with van der Waals surface area (Å²) in [6.45, 7) is 5.56. The van der Waals surface area contributed by atoms with Crippen LogP contribution in [0, 0.1) is 36.2 Å². The molecule has 0 amide bonds. The fourth-order valence-corrected chi connectivity index (χ4v) is 3.51. The van der Waals surface area contributed by atoms with Crippen LogP contribution in [-0.2, 0) is 12.8 Å². The lowest BCUT2D eigenvalue weighted by atomic mass is 9.95. The molecule has 0 N–H and O–H groups in total. The number of hydrogen-bond acceptors (Lipinski definition) is 0. The smallest absolute Gasteiger partial charge is 0.132 e. The van der Waals surface area contributed by atoms with Gasteiger partial charge in [-0.15, -0.1) is 0 Å². The first-order valence-corrected chi connectivity index (χ1v) is 10.8. The van der Waals surface area contributed by atoms with E-state index < -0.39 is 17.5 Å². The van der Waals surface area contributed by atoms with E-state index in [4.69, 9.17) is 0 Å². The fourth-order valence-electron chi connectivity index (χ4n) is 3.51. The van der Waals surface area contributed by atoms with E-state index in [1.807, 2.05) is 19.1 Å². The Labute approximate surface area is 183 Å². The molecular formula is C28H27F3. The molecule has 160 valence electrons. The summed E-state index contributed by atoms with van der Waals surface area (Å²) in [7, 11) is 0. The largest absolute Gasteiger partial charge is 0.207 e. The quantitative estimate of drug-likeness (QED) is 0.357. The third-order valence-electron chi connectivity index (χ3n) is 5.42. The van der Waals surface area contributed by atoms with Crippen LogP contribution >= 0.6 is 0 Å². The average molecular weight is 421 g/mol. The minimum absolute atomic E-state index is 0.0684. The van der Waals surface area contributed by atoms with Crippen LogP contribution in [-0.4, -0.2) is 0 Å². The van der Waals surface area contributed by atoms with Gasteiger partial charge in [-0.05, 0) is 79.3 Å². The van der Waals surface area contributed by atoms with Crippen molar-refractivity contribution in [2.24, 2.45) is 0 Å². The van der Waals surface area contributed by atoms with Gasteiger partial charge in [0.15, 0.2) is 0 Å². The van der Waals surface area contributed by atoms with Crippen molar-refractivity contribution in [3.05, 3.63) is 93.8 Å². The van der Waals surface area contributed by atoms with Gasteiger partial charge in [0.1, 0.15) is 17.5 Å². The fraction of sp³-hybridized carbons (Fsp3) is 0.286. The molecule has 0 unspecified atom stereocenters. The van der Waals surface area contributed by atoms with Gasteiger partial charge in [-0.2, -0.15) is 0 Å². The van der Waals surface area contributed by atoms with Gasteiger partial charge in [-0.1, -0.05) is 50.7 Å². The topological polar surface area (TPSA) is 0 Å². The van der Waals surface area contributed by atoms with Crippen molar-refractivity contribution in [3.8, 4) is 23.0 Å². The molecule has 0 bridgehead atoms. The van der Waals surface area contributed by atoms with E-state index in [0.717, 1.165) is 36.8 Å². The highest BCUT2D eigenvalue weighted by atomic mass is 19.1. The van der Waals surface area contributed by atoms with Crippen LogP contribution in [0.15, 0.2) is 48.5 Å². The number of hydrogen-bond donors (Lipinski definition) is 0. The molecule has 0 saturated carbocycles. The molecule has 0 aromatic heterocycles. The predicted molar refractivity (Wildman–Crippen MR) is 122 cm³/mol. The Hall–Kier alpha value is -2.99. The van der Waals surface area contributed by atoms with Gasteiger partial charge in [0.05, 0.1) is 0 Å². The number of rotatable bonds is 6. The Bertz CT molecular complexity index is 1090. The molecule has 3 aromatic rings. The summed E-state index contributed by atoms with van der Waals surface area (Å²) in [5.41, 5.74) is 3.94. The molecule has 0 saturated heterocycles. The second-order valence-electron chi connectivity index (χ2n) is 7.85. The van der Waals surface area contributed by atoms with Gasteiger partial charge in [0, 0.05) is 22.3 Å². The first kappa shape index (κ1) is 22.7. The van der Waals surface area contributed by atoms with E-state index in [-0.39, 0.29) is 16.7 Å². The van der Waals surface area contributed by atoms with Crippen LogP contribution < -0.4 is 0 Å². The van der Waals surface area contributed by atoms with Crippen molar-refractivity contribution in [2.75, 3.05) is 0 Å². The summed E-state index contributed by atoms with van der Waals surface area (Å²) < 4.78 is 42.9. The SMILES string of the molecule is CCCCc1ccc(C#Cc2cc(F)c(-c3cc(F)c(C)c(F)c3)cc2CCC)cc1. The third kappa shape index (κ3) is 5.58. The van der Waals surface area contributed by atoms with Crippen molar-refractivity contribution >= 4 is 0 Å². The molecule has 0 aliphatic rings. The molecule has 0 nitrogen and oxygen atoms in total. The molecular weight excluding hydrogens is 393 g/mol. The van der Waals surface area contributed by atoms with Gasteiger partial charge in [0.25, 0.3) is 0 Å². The van der Waals surface area contributed by atoms with Crippen LogP contribution in [0.4, 0.5) is 13.2 Å². The van der Waals surface area contributed by atoms with Gasteiger partial charge < -0.3 is 0 Å². The van der Waals surface area contributed by atoms with Crippen molar-refractivity contribution in [2.45, 2.75) is 52.9 Å². The maximum Gasteiger partial charge on any atom is 0.132 e. The zero-order chi connectivity index (χ0) is 22.4. The van der Waals surface area contributed by atoms with E-state index in [2.05, 4.69) is 30.9 Å². The molecule has 0 aliphatic carbocycles. The summed E-state index contributed by atoms with van der Waals surface area (Å²) >= 11 is 0. The minimum Gasteiger partial charge on any atom is -0.207 e. The molecule has 31 heavy (non-hydrogen) atoms. The molecule has 3 rings (SSSR count). The maximum absolute atomic E-state index is 14.9. The zero-order valence-electron chi connectivity index (χ0n) is 18.3. The lowest BCUT2D eigenvalue weighted by Crippen LogP contribution is -1.97. The van der Waals surface area contributed by atoms with Crippen molar-refractivity contribution in [1.29, 1.82) is 0 Å². The lowest BCUT2D eigenvalue weighted by Gasteiger charge is -2.11. The van der Waals surface area contributed by atoms with Crippen LogP contribution in [0.25, 0.3) is 11.1 Å². The highest BCUT2D eigenvalue weighted by Crippen LogP contribution is 2.29. The summed E-state index contributed by atoms with van der Waals surface area (Å²) in [5.74, 6) is 4.30. The minimum atomic E-state index is -0.683. The van der Waals surface area contributed by atoms with E-state index in [0.29, 0.717) is 12.0 Å². The predicted octanol–water partition coefficient (Wildman–Crippen LogP) is 7.77. The monoisotopic (exact) mass is 420 g/mol. The summed E-state index contributed by atoms with van der Waals surface area (Å²) in [5, 5.41) is 0. The van der Waals surface area contributed by atoms with E-state index in [1.165, 1.54) is 30.7 Å². The molecule has 0 heterocycles. The second kappa shape index (κ2) is 10.4. The number of aryl methyl sites for hydroxylation is 2. The van der Waals surface area contributed by atoms with Crippen molar-refractivity contribution < 1.29 is 13.2 Å². The molecule has 0 atom stereocenters. The van der Waals surface area contributed by atoms with Crippen molar-refractivity contribution in [1.82, 2.24) is 0 Å². The van der Waals surface area contributed by atoms with Crippen LogP contribution in [0.3, 0.4) is 0 Å². The third-order valence-corrected chi connectivity index (χ3v) is 5.42. The summed E-state index contributed by atoms with van der Waals surface area (Å²) in [6, 6.07) is 13.5. The van der Waals surface area contributed by atoms with E-state index in [9.17, 15) is 13.2 Å². The Morgan fingerprint density at radius 1 is 0.742 bits per heavy atom. The standard InChI is InChI=1S/C28H27F3/c1-4-6-8-20-9-11-21(12-10-20)13-14-23-16-28(31)25(15-22(23)7-5-2)24-17-26(29)19(3)27(30)18-24/h9-12,15-18H,4-8H2,1-3H3. The van der Waals surface area contributed by atoms with Gasteiger partial charge in [-0.3, -0.25) is 0 Å². The lowest BCUT2D eigenvalue weighted by molar-refractivity contribution is 0.568. The average Bonchev–Trinajstić information content (AvgIpc) is 2.76. The maximum atomic E-state index is 14.9. The van der Waals surface area contributed by atoms with Gasteiger partial charge in [-0.25, -0.2) is 13.2 Å². The van der Waals surface area contributed by atoms with Crippen molar-refractivity contribution in [3.63, 3.8) is 0 Å². The second-order valence-corrected chi connectivity index (χ2v) is 7.85. The molecule has 0 radical (unpaired) electrons. The molecule has 0 spiro atoms. The Morgan fingerprint density at radius 3 is 2.03 bits per heavy atom. The molecule has 3 heteroatoms. The summed E-state index contributed by atoms with van der Waals surface area (Å²) in [6.07, 6.45) is 4.92. The Kier molecular flexibility index (Phi) is 7.58. The number of benzene rings is 3. The molecule has 3 aromatic carbocycles. The first-order chi connectivity index (χ1) is 14.9. The highest BCUT2D eigenvalue weighted by molar-refractivity contribution is 5.68. The van der Waals surface area contributed by atoms with E-state index >= 15 is 0 Å². The Balaban J connectivity index is 1.96. The molecule has 0 aliphatic heterocycles. The molecule has 0 fully saturated rings. The van der Waals surface area contributed by atoms with Gasteiger partial charge in [0.2, 0.25) is 0 Å². The highest BCUT2D eigenvalue weighted by Gasteiger charge is 2.14. The van der Waals surface area contributed by atoms with E-state index in [1.54, 1.807) is 6.07 Å². The van der Waals surface area contributed by atoms with Gasteiger partial charge >= 0.3 is 0 Å². The number of unbranched alkanes of at least 4 members (excludes halogenated alkanes) is 1. The van der Waals surface area contributed by atoms with Crippen LogP contribution in [0.1, 0.15) is 60.9 Å². The summed E-state index contributed by atoms with van der Waals surface area (Å²) in [4.78, 5) is 0. The first-order valence-electron chi connectivity index (χ1n) is 10.8. The zero-order valence-corrected chi connectivity index (χ0v) is 18.3. The van der Waals surface area contributed by atoms with Crippen LogP contribution in [0.5, 0.6) is 0 Å². The van der Waals surface area contributed by atoms with Crippen LogP contribution in [0.2, 0.25) is 0 Å².